The maximum absolute atomic E-state index is 6.18. The number of benzene rings is 1. The lowest BCUT2D eigenvalue weighted by Crippen LogP contribution is -2.04. The Kier molecular flexibility index (Phi) is 3.06. The molecule has 0 radical (unpaired) electrons. The Bertz CT molecular complexity index is 338. The largest absolute Gasteiger partial charge is 0.304 e. The maximum atomic E-state index is 6.18. The Hall–Kier alpha value is -0.570. The Balaban J connectivity index is 2.23. The van der Waals surface area contributed by atoms with Crippen LogP contribution in [0.25, 0.3) is 0 Å². The van der Waals surface area contributed by atoms with Crippen LogP contribution >= 0.6 is 11.6 Å². The highest BCUT2D eigenvalue weighted by atomic mass is 35.5. The molecule has 1 aliphatic carbocycles. The van der Waals surface area contributed by atoms with Crippen molar-refractivity contribution in [3.05, 3.63) is 33.8 Å². The van der Waals surface area contributed by atoms with Crippen molar-refractivity contribution in [1.29, 1.82) is 0 Å². The molecule has 0 aromatic heterocycles. The topological polar surface area (TPSA) is 35.2 Å². The van der Waals surface area contributed by atoms with Gasteiger partial charge in [0.05, 0.1) is 6.61 Å². The van der Waals surface area contributed by atoms with Crippen LogP contribution in [-0.2, 0) is 24.1 Å². The molecule has 0 saturated carbocycles. The average Bonchev–Trinajstić information content (AvgIpc) is 2.63. The van der Waals surface area contributed by atoms with E-state index in [1.807, 2.05) is 6.07 Å². The first-order valence-corrected chi connectivity index (χ1v) is 5.31. The zero-order chi connectivity index (χ0) is 9.97. The van der Waals surface area contributed by atoms with Gasteiger partial charge < -0.3 is 4.84 Å². The van der Waals surface area contributed by atoms with Crippen molar-refractivity contribution < 1.29 is 4.84 Å². The first-order valence-electron chi connectivity index (χ1n) is 4.93. The van der Waals surface area contributed by atoms with Crippen LogP contribution < -0.4 is 5.90 Å². The van der Waals surface area contributed by atoms with Crippen LogP contribution in [0, 0.1) is 0 Å². The standard InChI is InChI=1S/C11H14ClNO/c12-11-7-8(4-5-14-13)6-9-2-1-3-10(9)11/h6-7H,1-5,13H2. The van der Waals surface area contributed by atoms with Crippen molar-refractivity contribution in [2.45, 2.75) is 25.7 Å². The van der Waals surface area contributed by atoms with Crippen molar-refractivity contribution in [2.24, 2.45) is 5.90 Å². The van der Waals surface area contributed by atoms with Crippen LogP contribution in [0.2, 0.25) is 5.02 Å². The minimum atomic E-state index is 0.551. The molecule has 2 N–H and O–H groups in total. The van der Waals surface area contributed by atoms with Crippen molar-refractivity contribution in [3.63, 3.8) is 0 Å². The molecule has 0 atom stereocenters. The summed E-state index contributed by atoms with van der Waals surface area (Å²) in [5, 5.41) is 0.909. The predicted molar refractivity (Wildman–Crippen MR) is 57.3 cm³/mol. The molecule has 0 heterocycles. The molecule has 1 aliphatic rings. The number of hydrogen-bond donors (Lipinski definition) is 1. The quantitative estimate of drug-likeness (QED) is 0.779. The lowest BCUT2D eigenvalue weighted by atomic mass is 10.0. The number of nitrogens with two attached hydrogens (primary N) is 1. The molecule has 76 valence electrons. The van der Waals surface area contributed by atoms with Crippen LogP contribution in [-0.4, -0.2) is 6.61 Å². The summed E-state index contributed by atoms with van der Waals surface area (Å²) in [5.74, 6) is 4.99. The molecule has 0 bridgehead atoms. The fourth-order valence-electron chi connectivity index (χ4n) is 2.04. The summed E-state index contributed by atoms with van der Waals surface area (Å²) in [4.78, 5) is 4.56. The highest BCUT2D eigenvalue weighted by Gasteiger charge is 2.14. The van der Waals surface area contributed by atoms with E-state index < -0.39 is 0 Å². The van der Waals surface area contributed by atoms with Gasteiger partial charge in [-0.15, -0.1) is 0 Å². The minimum Gasteiger partial charge on any atom is -0.304 e. The molecular formula is C11H14ClNO. The number of hydrogen-bond acceptors (Lipinski definition) is 2. The van der Waals surface area contributed by atoms with E-state index in [0.717, 1.165) is 24.3 Å². The smallest absolute Gasteiger partial charge is 0.0719 e. The molecule has 2 nitrogen and oxygen atoms in total. The maximum Gasteiger partial charge on any atom is 0.0719 e. The van der Waals surface area contributed by atoms with Gasteiger partial charge in [-0.2, -0.15) is 0 Å². The van der Waals surface area contributed by atoms with Crippen LogP contribution in [0.5, 0.6) is 0 Å². The second-order valence-corrected chi connectivity index (χ2v) is 4.10. The predicted octanol–water partition coefficient (Wildman–Crippen LogP) is 2.26. The molecule has 1 aromatic carbocycles. The summed E-state index contributed by atoms with van der Waals surface area (Å²) in [6.45, 7) is 0.551. The molecule has 0 unspecified atom stereocenters. The monoisotopic (exact) mass is 211 g/mol. The highest BCUT2D eigenvalue weighted by molar-refractivity contribution is 6.31. The summed E-state index contributed by atoms with van der Waals surface area (Å²) >= 11 is 6.18. The highest BCUT2D eigenvalue weighted by Crippen LogP contribution is 2.30. The summed E-state index contributed by atoms with van der Waals surface area (Å²) < 4.78 is 0. The van der Waals surface area contributed by atoms with E-state index in [2.05, 4.69) is 10.9 Å². The van der Waals surface area contributed by atoms with E-state index in [4.69, 9.17) is 17.5 Å². The van der Waals surface area contributed by atoms with Gasteiger partial charge in [-0.3, -0.25) is 0 Å². The molecule has 3 heteroatoms. The molecule has 0 saturated heterocycles. The second kappa shape index (κ2) is 4.30. The Morgan fingerprint density at radius 1 is 1.36 bits per heavy atom. The normalized spacial score (nSPS) is 14.4. The van der Waals surface area contributed by atoms with Crippen LogP contribution in [0.3, 0.4) is 0 Å². The van der Waals surface area contributed by atoms with E-state index in [-0.39, 0.29) is 0 Å². The molecule has 14 heavy (non-hydrogen) atoms. The number of fused-ring (bicyclic) bond motifs is 1. The Morgan fingerprint density at radius 2 is 2.21 bits per heavy atom. The van der Waals surface area contributed by atoms with Gasteiger partial charge in [0, 0.05) is 5.02 Å². The zero-order valence-electron chi connectivity index (χ0n) is 8.05. The molecular weight excluding hydrogens is 198 g/mol. The molecule has 1 aromatic rings. The number of halogens is 1. The van der Waals surface area contributed by atoms with Crippen LogP contribution in [0.15, 0.2) is 12.1 Å². The van der Waals surface area contributed by atoms with E-state index >= 15 is 0 Å². The van der Waals surface area contributed by atoms with E-state index in [1.165, 1.54) is 23.1 Å². The third-order valence-corrected chi connectivity index (χ3v) is 3.07. The van der Waals surface area contributed by atoms with E-state index in [9.17, 15) is 0 Å². The van der Waals surface area contributed by atoms with Crippen LogP contribution in [0.1, 0.15) is 23.1 Å². The van der Waals surface area contributed by atoms with Gasteiger partial charge in [-0.25, -0.2) is 5.90 Å². The average molecular weight is 212 g/mol. The van der Waals surface area contributed by atoms with Crippen molar-refractivity contribution in [3.8, 4) is 0 Å². The van der Waals surface area contributed by atoms with Crippen LogP contribution in [0.4, 0.5) is 0 Å². The fraction of sp³-hybridized carbons (Fsp3) is 0.455. The Labute approximate surface area is 89.0 Å². The first-order chi connectivity index (χ1) is 6.81. The lowest BCUT2D eigenvalue weighted by molar-refractivity contribution is 0.141. The van der Waals surface area contributed by atoms with Crippen molar-refractivity contribution in [2.75, 3.05) is 6.61 Å². The zero-order valence-corrected chi connectivity index (χ0v) is 8.81. The van der Waals surface area contributed by atoms with Gasteiger partial charge in [0.2, 0.25) is 0 Å². The van der Waals surface area contributed by atoms with Crippen molar-refractivity contribution >= 4 is 11.6 Å². The summed E-state index contributed by atoms with van der Waals surface area (Å²) in [6.07, 6.45) is 4.35. The second-order valence-electron chi connectivity index (χ2n) is 3.69. The first kappa shape index (κ1) is 9.97. The van der Waals surface area contributed by atoms with Crippen molar-refractivity contribution in [1.82, 2.24) is 0 Å². The number of rotatable bonds is 3. The van der Waals surface area contributed by atoms with E-state index in [1.54, 1.807) is 0 Å². The van der Waals surface area contributed by atoms with Gasteiger partial charge in [0.1, 0.15) is 0 Å². The fourth-order valence-corrected chi connectivity index (χ4v) is 2.39. The molecule has 2 rings (SSSR count). The van der Waals surface area contributed by atoms with Gasteiger partial charge >= 0.3 is 0 Å². The van der Waals surface area contributed by atoms with Gasteiger partial charge in [0.25, 0.3) is 0 Å². The third kappa shape index (κ3) is 1.92. The molecule has 0 fully saturated rings. The Morgan fingerprint density at radius 3 is 3.00 bits per heavy atom. The molecule has 0 spiro atoms. The van der Waals surface area contributed by atoms with Gasteiger partial charge in [0.15, 0.2) is 0 Å². The molecule has 0 amide bonds. The summed E-state index contributed by atoms with van der Waals surface area (Å²) in [6, 6.07) is 4.26. The van der Waals surface area contributed by atoms with E-state index in [0.29, 0.717) is 6.61 Å². The summed E-state index contributed by atoms with van der Waals surface area (Å²) in [7, 11) is 0. The minimum absolute atomic E-state index is 0.551. The SMILES string of the molecule is NOCCc1cc(Cl)c2c(c1)CCC2. The lowest BCUT2D eigenvalue weighted by Gasteiger charge is -2.06. The molecule has 0 aliphatic heterocycles. The number of aryl methyl sites for hydroxylation is 1. The third-order valence-electron chi connectivity index (χ3n) is 2.73. The summed E-state index contributed by atoms with van der Waals surface area (Å²) in [5.41, 5.74) is 3.97. The van der Waals surface area contributed by atoms with Gasteiger partial charge in [-0.05, 0) is 48.4 Å². The van der Waals surface area contributed by atoms with Gasteiger partial charge in [-0.1, -0.05) is 17.7 Å².